The minimum Gasteiger partial charge on any atom is -0.313 e. The van der Waals surface area contributed by atoms with Gasteiger partial charge >= 0.3 is 0 Å². The van der Waals surface area contributed by atoms with E-state index in [2.05, 4.69) is 36.5 Å². The van der Waals surface area contributed by atoms with Crippen molar-refractivity contribution in [3.05, 3.63) is 29.8 Å². The molecule has 1 N–H and O–H groups in total. The summed E-state index contributed by atoms with van der Waals surface area (Å²) in [5.74, 6) is 1.11. The molecule has 0 bridgehead atoms. The second kappa shape index (κ2) is 7.16. The summed E-state index contributed by atoms with van der Waals surface area (Å²) in [5, 5.41) is 3.20. The van der Waals surface area contributed by atoms with Gasteiger partial charge in [0.15, 0.2) is 0 Å². The van der Waals surface area contributed by atoms with Gasteiger partial charge in [-0.2, -0.15) is 0 Å². The molecule has 1 atom stereocenters. The van der Waals surface area contributed by atoms with Crippen LogP contribution in [0.25, 0.3) is 0 Å². The van der Waals surface area contributed by atoms with Gasteiger partial charge in [0.2, 0.25) is 0 Å². The summed E-state index contributed by atoms with van der Waals surface area (Å²) in [6.45, 7) is 2.12. The van der Waals surface area contributed by atoms with Gasteiger partial charge in [0.25, 0.3) is 0 Å². The zero-order valence-corrected chi connectivity index (χ0v) is 12.8. The molecule has 0 aliphatic heterocycles. The predicted octanol–water partition coefficient (Wildman–Crippen LogP) is 2.49. The predicted molar refractivity (Wildman–Crippen MR) is 79.0 cm³/mol. The van der Waals surface area contributed by atoms with Crippen LogP contribution in [0.1, 0.15) is 24.9 Å². The Morgan fingerprint density at radius 2 is 1.89 bits per heavy atom. The van der Waals surface area contributed by atoms with Crippen molar-refractivity contribution in [1.29, 1.82) is 0 Å². The SMILES string of the molecule is CNC(C)c1ccc(SCCCS(C)(=O)=O)cc1. The van der Waals surface area contributed by atoms with Crippen molar-refractivity contribution in [2.45, 2.75) is 24.3 Å². The van der Waals surface area contributed by atoms with Crippen molar-refractivity contribution in [3.63, 3.8) is 0 Å². The third kappa shape index (κ3) is 5.89. The minimum atomic E-state index is -2.82. The van der Waals surface area contributed by atoms with E-state index in [1.165, 1.54) is 16.7 Å². The molecule has 1 aromatic carbocycles. The van der Waals surface area contributed by atoms with Crippen molar-refractivity contribution < 1.29 is 8.42 Å². The van der Waals surface area contributed by atoms with E-state index in [-0.39, 0.29) is 5.75 Å². The van der Waals surface area contributed by atoms with E-state index in [0.29, 0.717) is 12.5 Å². The highest BCUT2D eigenvalue weighted by atomic mass is 32.2. The van der Waals surface area contributed by atoms with Crippen molar-refractivity contribution >= 4 is 21.6 Å². The number of rotatable bonds is 7. The van der Waals surface area contributed by atoms with Crippen molar-refractivity contribution in [3.8, 4) is 0 Å². The summed E-state index contributed by atoms with van der Waals surface area (Å²) in [5.41, 5.74) is 1.26. The molecule has 1 aromatic rings. The van der Waals surface area contributed by atoms with Gasteiger partial charge in [0, 0.05) is 17.2 Å². The maximum atomic E-state index is 11.0. The number of nitrogens with one attached hydrogen (secondary N) is 1. The van der Waals surface area contributed by atoms with E-state index < -0.39 is 9.84 Å². The van der Waals surface area contributed by atoms with Crippen LogP contribution >= 0.6 is 11.8 Å². The van der Waals surface area contributed by atoms with E-state index in [9.17, 15) is 8.42 Å². The topological polar surface area (TPSA) is 46.2 Å². The standard InChI is InChI=1S/C13H21NO2S2/c1-11(14-2)12-5-7-13(8-6-12)17-9-4-10-18(3,15)16/h5-8,11,14H,4,9-10H2,1-3H3. The summed E-state index contributed by atoms with van der Waals surface area (Å²) in [7, 11) is -0.879. The van der Waals surface area contributed by atoms with E-state index in [4.69, 9.17) is 0 Å². The molecule has 0 saturated carbocycles. The first-order valence-electron chi connectivity index (χ1n) is 6.00. The van der Waals surface area contributed by atoms with Crippen LogP contribution in [0, 0.1) is 0 Å². The molecule has 5 heteroatoms. The second-order valence-electron chi connectivity index (χ2n) is 4.41. The van der Waals surface area contributed by atoms with Crippen molar-refractivity contribution in [1.82, 2.24) is 5.32 Å². The van der Waals surface area contributed by atoms with Crippen LogP contribution in [-0.2, 0) is 9.84 Å². The highest BCUT2D eigenvalue weighted by Crippen LogP contribution is 2.21. The molecule has 3 nitrogen and oxygen atoms in total. The molecule has 0 spiro atoms. The lowest BCUT2D eigenvalue weighted by Crippen LogP contribution is -2.11. The Morgan fingerprint density at radius 3 is 2.39 bits per heavy atom. The first kappa shape index (κ1) is 15.5. The van der Waals surface area contributed by atoms with E-state index in [0.717, 1.165) is 5.75 Å². The van der Waals surface area contributed by atoms with Crippen LogP contribution < -0.4 is 5.32 Å². The van der Waals surface area contributed by atoms with Crippen LogP contribution in [0.15, 0.2) is 29.2 Å². The summed E-state index contributed by atoms with van der Waals surface area (Å²) in [4.78, 5) is 1.19. The van der Waals surface area contributed by atoms with Gasteiger partial charge in [-0.05, 0) is 43.8 Å². The van der Waals surface area contributed by atoms with Gasteiger partial charge in [-0.3, -0.25) is 0 Å². The Balaban J connectivity index is 2.40. The molecule has 0 amide bonds. The Morgan fingerprint density at radius 1 is 1.28 bits per heavy atom. The van der Waals surface area contributed by atoms with E-state index in [1.54, 1.807) is 11.8 Å². The number of sulfone groups is 1. The highest BCUT2D eigenvalue weighted by Gasteiger charge is 2.04. The van der Waals surface area contributed by atoms with Gasteiger partial charge in [0.1, 0.15) is 9.84 Å². The summed E-state index contributed by atoms with van der Waals surface area (Å²) in [6.07, 6.45) is 1.99. The third-order valence-electron chi connectivity index (χ3n) is 2.74. The van der Waals surface area contributed by atoms with Crippen LogP contribution in [0.2, 0.25) is 0 Å². The Kier molecular flexibility index (Phi) is 6.18. The molecule has 0 saturated heterocycles. The first-order chi connectivity index (χ1) is 8.42. The molecule has 102 valence electrons. The Hall–Kier alpha value is -0.520. The van der Waals surface area contributed by atoms with Gasteiger partial charge in [-0.15, -0.1) is 11.8 Å². The summed E-state index contributed by atoms with van der Waals surface area (Å²) in [6, 6.07) is 8.76. The average Bonchev–Trinajstić information content (AvgIpc) is 2.33. The quantitative estimate of drug-likeness (QED) is 0.618. The highest BCUT2D eigenvalue weighted by molar-refractivity contribution is 7.99. The van der Waals surface area contributed by atoms with Gasteiger partial charge in [-0.25, -0.2) is 8.42 Å². The van der Waals surface area contributed by atoms with E-state index in [1.807, 2.05) is 7.05 Å². The third-order valence-corrected chi connectivity index (χ3v) is 4.87. The molecule has 0 aromatic heterocycles. The van der Waals surface area contributed by atoms with Crippen LogP contribution in [-0.4, -0.2) is 33.2 Å². The van der Waals surface area contributed by atoms with Crippen LogP contribution in [0.4, 0.5) is 0 Å². The molecule has 1 rings (SSSR count). The van der Waals surface area contributed by atoms with Gasteiger partial charge in [-0.1, -0.05) is 12.1 Å². The smallest absolute Gasteiger partial charge is 0.147 e. The lowest BCUT2D eigenvalue weighted by atomic mass is 10.1. The maximum absolute atomic E-state index is 11.0. The van der Waals surface area contributed by atoms with Gasteiger partial charge in [0.05, 0.1) is 5.75 Å². The lowest BCUT2D eigenvalue weighted by Gasteiger charge is -2.10. The normalized spacial score (nSPS) is 13.5. The first-order valence-corrected chi connectivity index (χ1v) is 9.05. The largest absolute Gasteiger partial charge is 0.313 e. The zero-order chi connectivity index (χ0) is 13.6. The Labute approximate surface area is 114 Å². The lowest BCUT2D eigenvalue weighted by molar-refractivity contribution is 0.600. The molecule has 0 radical (unpaired) electrons. The molecule has 0 aliphatic rings. The second-order valence-corrected chi connectivity index (χ2v) is 7.84. The number of benzene rings is 1. The number of hydrogen-bond donors (Lipinski definition) is 1. The van der Waals surface area contributed by atoms with Crippen LogP contribution in [0.3, 0.4) is 0 Å². The van der Waals surface area contributed by atoms with Gasteiger partial charge < -0.3 is 5.32 Å². The molecule has 0 fully saturated rings. The Bertz CT molecular complexity index is 454. The fourth-order valence-electron chi connectivity index (χ4n) is 1.53. The van der Waals surface area contributed by atoms with Crippen LogP contribution in [0.5, 0.6) is 0 Å². The van der Waals surface area contributed by atoms with E-state index >= 15 is 0 Å². The average molecular weight is 287 g/mol. The van der Waals surface area contributed by atoms with Crippen molar-refractivity contribution in [2.24, 2.45) is 0 Å². The number of hydrogen-bond acceptors (Lipinski definition) is 4. The van der Waals surface area contributed by atoms with Crippen molar-refractivity contribution in [2.75, 3.05) is 24.8 Å². The monoisotopic (exact) mass is 287 g/mol. The molecule has 1 unspecified atom stereocenters. The molecule has 0 heterocycles. The fourth-order valence-corrected chi connectivity index (χ4v) is 3.23. The minimum absolute atomic E-state index is 0.273. The number of thioether (sulfide) groups is 1. The molecule has 0 aliphatic carbocycles. The summed E-state index contributed by atoms with van der Waals surface area (Å²) >= 11 is 1.70. The zero-order valence-electron chi connectivity index (χ0n) is 11.1. The molecule has 18 heavy (non-hydrogen) atoms. The maximum Gasteiger partial charge on any atom is 0.147 e. The molecular formula is C13H21NO2S2. The molecular weight excluding hydrogens is 266 g/mol. The summed E-state index contributed by atoms with van der Waals surface area (Å²) < 4.78 is 22.0. The fraction of sp³-hybridized carbons (Fsp3) is 0.538.